The van der Waals surface area contributed by atoms with Crippen LogP contribution in [-0.4, -0.2) is 46.7 Å². The van der Waals surface area contributed by atoms with Gasteiger partial charge in [0.2, 0.25) is 0 Å². The molecule has 0 saturated carbocycles. The van der Waals surface area contributed by atoms with E-state index in [9.17, 15) is 15.3 Å². The Hall–Kier alpha value is -0.160. The Morgan fingerprint density at radius 2 is 1.63 bits per heavy atom. The second-order valence-corrected chi connectivity index (χ2v) is 5.83. The monoisotopic (exact) mass is 273 g/mol. The molecule has 1 aliphatic heterocycles. The smallest absolute Gasteiger partial charge is 0.0927 e. The van der Waals surface area contributed by atoms with Crippen molar-refractivity contribution >= 4 is 0 Å². The van der Waals surface area contributed by atoms with Crippen LogP contribution < -0.4 is 5.32 Å². The van der Waals surface area contributed by atoms with Gasteiger partial charge in [-0.1, -0.05) is 51.9 Å². The highest BCUT2D eigenvalue weighted by molar-refractivity contribution is 4.91. The van der Waals surface area contributed by atoms with Crippen molar-refractivity contribution in [3.05, 3.63) is 0 Å². The van der Waals surface area contributed by atoms with Crippen molar-refractivity contribution in [3.63, 3.8) is 0 Å². The molecular weight excluding hydrogens is 242 g/mol. The van der Waals surface area contributed by atoms with Crippen molar-refractivity contribution in [2.24, 2.45) is 5.92 Å². The Balaban J connectivity index is 2.14. The van der Waals surface area contributed by atoms with Gasteiger partial charge < -0.3 is 20.6 Å². The fourth-order valence-corrected chi connectivity index (χ4v) is 2.94. The number of aliphatic hydroxyl groups excluding tert-OH is 3. The maximum atomic E-state index is 9.86. The first-order valence-electron chi connectivity index (χ1n) is 7.91. The van der Waals surface area contributed by atoms with E-state index in [1.54, 1.807) is 0 Å². The van der Waals surface area contributed by atoms with Crippen molar-refractivity contribution in [1.29, 1.82) is 0 Å². The minimum atomic E-state index is -0.791. The molecule has 4 N–H and O–H groups in total. The van der Waals surface area contributed by atoms with Crippen molar-refractivity contribution in [1.82, 2.24) is 5.32 Å². The average Bonchev–Trinajstić information content (AvgIpc) is 2.42. The maximum absolute atomic E-state index is 9.86. The molecule has 0 aliphatic carbocycles. The fourth-order valence-electron chi connectivity index (χ4n) is 2.94. The number of aliphatic hydroxyl groups is 3. The van der Waals surface area contributed by atoms with Gasteiger partial charge in [-0.15, -0.1) is 0 Å². The molecule has 114 valence electrons. The molecule has 1 aliphatic rings. The summed E-state index contributed by atoms with van der Waals surface area (Å²) >= 11 is 0. The van der Waals surface area contributed by atoms with E-state index in [1.165, 1.54) is 38.5 Å². The van der Waals surface area contributed by atoms with Gasteiger partial charge in [0.1, 0.15) is 0 Å². The number of hydrogen-bond donors (Lipinski definition) is 4. The summed E-state index contributed by atoms with van der Waals surface area (Å²) in [4.78, 5) is 0. The number of unbranched alkanes of at least 4 members (excludes halogenated alkanes) is 6. The Morgan fingerprint density at radius 1 is 1.00 bits per heavy atom. The van der Waals surface area contributed by atoms with Crippen molar-refractivity contribution in [2.75, 3.05) is 13.2 Å². The molecule has 4 nitrogen and oxygen atoms in total. The lowest BCUT2D eigenvalue weighted by molar-refractivity contribution is -0.0679. The highest BCUT2D eigenvalue weighted by atomic mass is 16.3. The van der Waals surface area contributed by atoms with Gasteiger partial charge in [-0.25, -0.2) is 0 Å². The summed E-state index contributed by atoms with van der Waals surface area (Å²) in [5.74, 6) is -0.233. The van der Waals surface area contributed by atoms with Crippen LogP contribution in [0.2, 0.25) is 0 Å². The molecule has 1 saturated heterocycles. The van der Waals surface area contributed by atoms with Crippen LogP contribution in [0.15, 0.2) is 0 Å². The van der Waals surface area contributed by atoms with Gasteiger partial charge in [-0.05, 0) is 6.42 Å². The van der Waals surface area contributed by atoms with Gasteiger partial charge in [-0.3, -0.25) is 0 Å². The van der Waals surface area contributed by atoms with E-state index in [4.69, 9.17) is 0 Å². The summed E-state index contributed by atoms with van der Waals surface area (Å²) in [5.41, 5.74) is 0. The zero-order valence-electron chi connectivity index (χ0n) is 12.2. The van der Waals surface area contributed by atoms with Crippen LogP contribution in [0, 0.1) is 5.92 Å². The van der Waals surface area contributed by atoms with Gasteiger partial charge >= 0.3 is 0 Å². The quantitative estimate of drug-likeness (QED) is 0.480. The normalized spacial score (nSPS) is 31.6. The highest BCUT2D eigenvalue weighted by Crippen LogP contribution is 2.22. The lowest BCUT2D eigenvalue weighted by Gasteiger charge is -2.38. The van der Waals surface area contributed by atoms with Gasteiger partial charge in [0.05, 0.1) is 12.2 Å². The number of nitrogens with one attached hydrogen (secondary N) is 1. The second-order valence-electron chi connectivity index (χ2n) is 5.83. The highest BCUT2D eigenvalue weighted by Gasteiger charge is 2.36. The summed E-state index contributed by atoms with van der Waals surface area (Å²) < 4.78 is 0. The van der Waals surface area contributed by atoms with Gasteiger partial charge in [0.15, 0.2) is 0 Å². The fraction of sp³-hybridized carbons (Fsp3) is 1.00. The van der Waals surface area contributed by atoms with E-state index in [0.717, 1.165) is 12.8 Å². The van der Waals surface area contributed by atoms with Crippen LogP contribution in [0.25, 0.3) is 0 Å². The molecule has 0 aromatic heterocycles. The topological polar surface area (TPSA) is 72.7 Å². The zero-order chi connectivity index (χ0) is 14.1. The Morgan fingerprint density at radius 3 is 2.26 bits per heavy atom. The Bertz CT molecular complexity index is 225. The molecule has 19 heavy (non-hydrogen) atoms. The predicted molar refractivity (Wildman–Crippen MR) is 77.0 cm³/mol. The molecule has 1 heterocycles. The van der Waals surface area contributed by atoms with E-state index in [2.05, 4.69) is 12.2 Å². The van der Waals surface area contributed by atoms with Crippen LogP contribution in [0.4, 0.5) is 0 Å². The molecule has 1 fully saturated rings. The third-order valence-corrected chi connectivity index (χ3v) is 4.27. The largest absolute Gasteiger partial charge is 0.396 e. The first-order chi connectivity index (χ1) is 9.20. The lowest BCUT2D eigenvalue weighted by Crippen LogP contribution is -2.57. The third-order valence-electron chi connectivity index (χ3n) is 4.27. The van der Waals surface area contributed by atoms with Gasteiger partial charge in [0, 0.05) is 25.1 Å². The number of hydrogen-bond acceptors (Lipinski definition) is 4. The molecule has 4 atom stereocenters. The first kappa shape index (κ1) is 16.9. The number of rotatable bonds is 9. The molecule has 1 rings (SSSR count). The summed E-state index contributed by atoms with van der Waals surface area (Å²) in [7, 11) is 0. The van der Waals surface area contributed by atoms with Crippen molar-refractivity contribution in [3.8, 4) is 0 Å². The second kappa shape index (κ2) is 9.70. The van der Waals surface area contributed by atoms with Crippen molar-refractivity contribution < 1.29 is 15.3 Å². The van der Waals surface area contributed by atoms with E-state index in [1.807, 2.05) is 0 Å². The molecule has 0 spiro atoms. The van der Waals surface area contributed by atoms with Crippen LogP contribution in [0.1, 0.15) is 58.3 Å². The van der Waals surface area contributed by atoms with E-state index >= 15 is 0 Å². The molecular formula is C15H31NO3. The molecule has 0 radical (unpaired) electrons. The molecule has 0 amide bonds. The van der Waals surface area contributed by atoms with Crippen LogP contribution in [-0.2, 0) is 0 Å². The molecule has 4 heteroatoms. The number of piperidine rings is 1. The van der Waals surface area contributed by atoms with E-state index < -0.39 is 12.2 Å². The SMILES string of the molecule is CCCCCCCCCC1NC[C@@H](O)[C@H](O)C1CO. The minimum absolute atomic E-state index is 0.0631. The van der Waals surface area contributed by atoms with E-state index in [0.29, 0.717) is 6.54 Å². The van der Waals surface area contributed by atoms with Crippen LogP contribution >= 0.6 is 0 Å². The summed E-state index contributed by atoms with van der Waals surface area (Å²) in [5, 5.41) is 32.0. The minimum Gasteiger partial charge on any atom is -0.396 e. The molecule has 2 unspecified atom stereocenters. The van der Waals surface area contributed by atoms with Gasteiger partial charge in [-0.2, -0.15) is 0 Å². The average molecular weight is 273 g/mol. The van der Waals surface area contributed by atoms with Crippen molar-refractivity contribution in [2.45, 2.75) is 76.5 Å². The molecule has 0 aromatic rings. The Labute approximate surface area is 117 Å². The van der Waals surface area contributed by atoms with Crippen LogP contribution in [0.3, 0.4) is 0 Å². The summed E-state index contributed by atoms with van der Waals surface area (Å²) in [6, 6.07) is 0.138. The maximum Gasteiger partial charge on any atom is 0.0927 e. The Kier molecular flexibility index (Phi) is 8.62. The third kappa shape index (κ3) is 5.78. The zero-order valence-corrected chi connectivity index (χ0v) is 12.2. The van der Waals surface area contributed by atoms with Crippen LogP contribution in [0.5, 0.6) is 0 Å². The van der Waals surface area contributed by atoms with Gasteiger partial charge in [0.25, 0.3) is 0 Å². The first-order valence-corrected chi connectivity index (χ1v) is 7.91. The number of β-amino-alcohol motifs (C(OH)–C–C–N with tert-alkyl or cyclic N) is 1. The summed E-state index contributed by atoms with van der Waals surface area (Å²) in [6.07, 6.45) is 8.33. The lowest BCUT2D eigenvalue weighted by atomic mass is 9.84. The summed E-state index contributed by atoms with van der Waals surface area (Å²) in [6.45, 7) is 2.59. The standard InChI is InChI=1S/C15H31NO3/c1-2-3-4-5-6-7-8-9-13-12(11-17)15(19)14(18)10-16-13/h12-19H,2-11H2,1H3/t12?,13?,14-,15-/m1/s1. The molecule has 0 aromatic carbocycles. The molecule has 0 bridgehead atoms. The predicted octanol–water partition coefficient (Wildman–Crippen LogP) is 1.43. The van der Waals surface area contributed by atoms with E-state index in [-0.39, 0.29) is 18.6 Å².